The number of hydrogen-bond acceptors (Lipinski definition) is 4. The van der Waals surface area contributed by atoms with Gasteiger partial charge in [-0.3, -0.25) is 4.72 Å². The van der Waals surface area contributed by atoms with E-state index in [9.17, 15) is 8.42 Å². The second-order valence-electron chi connectivity index (χ2n) is 3.88. The van der Waals surface area contributed by atoms with Gasteiger partial charge in [-0.2, -0.15) is 5.26 Å². The van der Waals surface area contributed by atoms with E-state index in [4.69, 9.17) is 5.26 Å². The maximum atomic E-state index is 12.2. The number of aryl methyl sites for hydroxylation is 1. The molecule has 0 saturated carbocycles. The minimum absolute atomic E-state index is 0.0548. The molecule has 2 aromatic rings. The Morgan fingerprint density at radius 2 is 1.89 bits per heavy atom. The number of nitrogens with one attached hydrogen (secondary N) is 1. The standard InChI is InChI=1S/C13H11N3O2S/c1-10-5-4-8-13(15-10)16-19(17,18)12-7-3-2-6-11(12)9-14/h2-8H,1H3,(H,15,16). The third-order valence-corrected chi connectivity index (χ3v) is 3.84. The summed E-state index contributed by atoms with van der Waals surface area (Å²) in [6.07, 6.45) is 0. The molecule has 0 radical (unpaired) electrons. The van der Waals surface area contributed by atoms with Crippen molar-refractivity contribution in [1.29, 1.82) is 5.26 Å². The van der Waals surface area contributed by atoms with E-state index in [2.05, 4.69) is 9.71 Å². The van der Waals surface area contributed by atoms with Gasteiger partial charge in [0.05, 0.1) is 5.56 Å². The first-order valence-electron chi connectivity index (χ1n) is 5.48. The number of sulfonamides is 1. The van der Waals surface area contributed by atoms with Crippen LogP contribution in [0.4, 0.5) is 5.82 Å². The van der Waals surface area contributed by atoms with Gasteiger partial charge >= 0.3 is 0 Å². The zero-order valence-corrected chi connectivity index (χ0v) is 11.0. The summed E-state index contributed by atoms with van der Waals surface area (Å²) in [4.78, 5) is 4.01. The summed E-state index contributed by atoms with van der Waals surface area (Å²) in [6, 6.07) is 12.9. The number of anilines is 1. The molecule has 6 heteroatoms. The van der Waals surface area contributed by atoms with Crippen LogP contribution in [0.1, 0.15) is 11.3 Å². The molecule has 0 amide bonds. The smallest absolute Gasteiger partial charge is 0.263 e. The zero-order chi connectivity index (χ0) is 13.9. The normalized spacial score (nSPS) is 10.7. The van der Waals surface area contributed by atoms with Crippen LogP contribution in [0, 0.1) is 18.3 Å². The van der Waals surface area contributed by atoms with E-state index in [1.807, 2.05) is 6.07 Å². The molecular formula is C13H11N3O2S. The number of pyridine rings is 1. The molecule has 1 aromatic heterocycles. The minimum atomic E-state index is -3.81. The first kappa shape index (κ1) is 13.1. The van der Waals surface area contributed by atoms with Gasteiger partial charge in [-0.05, 0) is 31.2 Å². The topological polar surface area (TPSA) is 82.9 Å². The van der Waals surface area contributed by atoms with Gasteiger partial charge in [-0.15, -0.1) is 0 Å². The van der Waals surface area contributed by atoms with Gasteiger partial charge in [-0.25, -0.2) is 13.4 Å². The minimum Gasteiger partial charge on any atom is -0.263 e. The molecule has 0 fully saturated rings. The third kappa shape index (κ3) is 2.89. The molecule has 0 bridgehead atoms. The lowest BCUT2D eigenvalue weighted by molar-refractivity contribution is 0.601. The molecule has 5 nitrogen and oxygen atoms in total. The fourth-order valence-electron chi connectivity index (χ4n) is 1.59. The van der Waals surface area contributed by atoms with Gasteiger partial charge in [-0.1, -0.05) is 18.2 Å². The summed E-state index contributed by atoms with van der Waals surface area (Å²) >= 11 is 0. The number of benzene rings is 1. The first-order chi connectivity index (χ1) is 9.03. The van der Waals surface area contributed by atoms with Gasteiger partial charge in [0.2, 0.25) is 0 Å². The lowest BCUT2D eigenvalue weighted by atomic mass is 10.2. The van der Waals surface area contributed by atoms with Crippen molar-refractivity contribution in [2.24, 2.45) is 0 Å². The third-order valence-electron chi connectivity index (χ3n) is 2.42. The van der Waals surface area contributed by atoms with Crippen LogP contribution in [-0.2, 0) is 10.0 Å². The van der Waals surface area contributed by atoms with Crippen LogP contribution in [0.15, 0.2) is 47.4 Å². The predicted octanol–water partition coefficient (Wildman–Crippen LogP) is 2.06. The Bertz CT molecular complexity index is 748. The zero-order valence-electron chi connectivity index (χ0n) is 10.2. The quantitative estimate of drug-likeness (QED) is 0.927. The summed E-state index contributed by atoms with van der Waals surface area (Å²) in [5, 5.41) is 8.93. The second-order valence-corrected chi connectivity index (χ2v) is 5.53. The lowest BCUT2D eigenvalue weighted by Gasteiger charge is -2.08. The molecule has 0 aliphatic rings. The van der Waals surface area contributed by atoms with E-state index < -0.39 is 10.0 Å². The Kier molecular flexibility index (Phi) is 3.49. The Balaban J connectivity index is 2.41. The van der Waals surface area contributed by atoms with Crippen LogP contribution < -0.4 is 4.72 Å². The van der Waals surface area contributed by atoms with Crippen LogP contribution in [0.5, 0.6) is 0 Å². The average molecular weight is 273 g/mol. The van der Waals surface area contributed by atoms with Gasteiger partial charge in [0.15, 0.2) is 0 Å². The van der Waals surface area contributed by atoms with Crippen molar-refractivity contribution < 1.29 is 8.42 Å². The number of nitrogens with zero attached hydrogens (tertiary/aromatic N) is 2. The molecule has 1 heterocycles. The molecule has 0 spiro atoms. The van der Waals surface area contributed by atoms with E-state index in [1.165, 1.54) is 12.1 Å². The molecule has 0 aliphatic carbocycles. The van der Waals surface area contributed by atoms with Crippen LogP contribution in [0.3, 0.4) is 0 Å². The van der Waals surface area contributed by atoms with Crippen molar-refractivity contribution >= 4 is 15.8 Å². The Morgan fingerprint density at radius 3 is 2.58 bits per heavy atom. The summed E-state index contributed by atoms with van der Waals surface area (Å²) in [6.45, 7) is 1.76. The van der Waals surface area contributed by atoms with E-state index in [0.29, 0.717) is 5.69 Å². The molecule has 0 aliphatic heterocycles. The number of nitriles is 1. The molecule has 0 saturated heterocycles. The van der Waals surface area contributed by atoms with Crippen molar-refractivity contribution in [1.82, 2.24) is 4.98 Å². The highest BCUT2D eigenvalue weighted by atomic mass is 32.2. The molecule has 2 rings (SSSR count). The van der Waals surface area contributed by atoms with E-state index >= 15 is 0 Å². The molecule has 0 unspecified atom stereocenters. The van der Waals surface area contributed by atoms with Crippen molar-refractivity contribution in [2.75, 3.05) is 4.72 Å². The largest absolute Gasteiger partial charge is 0.264 e. The predicted molar refractivity (Wildman–Crippen MR) is 70.9 cm³/mol. The maximum absolute atomic E-state index is 12.2. The molecular weight excluding hydrogens is 262 g/mol. The van der Waals surface area contributed by atoms with Gasteiger partial charge in [0, 0.05) is 5.69 Å². The summed E-state index contributed by atoms with van der Waals surface area (Å²) in [7, 11) is -3.81. The van der Waals surface area contributed by atoms with Crippen LogP contribution >= 0.6 is 0 Å². The lowest BCUT2D eigenvalue weighted by Crippen LogP contribution is -2.15. The highest BCUT2D eigenvalue weighted by molar-refractivity contribution is 7.92. The number of aromatic nitrogens is 1. The van der Waals surface area contributed by atoms with Crippen molar-refractivity contribution in [2.45, 2.75) is 11.8 Å². The summed E-state index contributed by atoms with van der Waals surface area (Å²) < 4.78 is 26.7. The maximum Gasteiger partial charge on any atom is 0.264 e. The number of hydrogen-bond donors (Lipinski definition) is 1. The van der Waals surface area contributed by atoms with Crippen LogP contribution in [0.2, 0.25) is 0 Å². The Labute approximate surface area is 111 Å². The van der Waals surface area contributed by atoms with Crippen LogP contribution in [-0.4, -0.2) is 13.4 Å². The Morgan fingerprint density at radius 1 is 1.16 bits per heavy atom. The average Bonchev–Trinajstić information content (AvgIpc) is 2.38. The van der Waals surface area contributed by atoms with E-state index in [1.54, 1.807) is 37.3 Å². The van der Waals surface area contributed by atoms with Crippen molar-refractivity contribution in [3.05, 3.63) is 53.7 Å². The monoisotopic (exact) mass is 273 g/mol. The van der Waals surface area contributed by atoms with E-state index in [-0.39, 0.29) is 16.3 Å². The fraction of sp³-hybridized carbons (Fsp3) is 0.0769. The summed E-state index contributed by atoms with van der Waals surface area (Å²) in [5.74, 6) is 0.229. The van der Waals surface area contributed by atoms with Crippen molar-refractivity contribution in [3.63, 3.8) is 0 Å². The van der Waals surface area contributed by atoms with Gasteiger partial charge in [0.1, 0.15) is 16.8 Å². The summed E-state index contributed by atoms with van der Waals surface area (Å²) in [5.41, 5.74) is 0.802. The molecule has 19 heavy (non-hydrogen) atoms. The highest BCUT2D eigenvalue weighted by Crippen LogP contribution is 2.18. The molecule has 1 N–H and O–H groups in total. The molecule has 0 atom stereocenters. The van der Waals surface area contributed by atoms with Gasteiger partial charge < -0.3 is 0 Å². The second kappa shape index (κ2) is 5.08. The van der Waals surface area contributed by atoms with Gasteiger partial charge in [0.25, 0.3) is 10.0 Å². The Hall–Kier alpha value is -2.39. The first-order valence-corrected chi connectivity index (χ1v) is 6.97. The molecule has 96 valence electrons. The van der Waals surface area contributed by atoms with Crippen LogP contribution in [0.25, 0.3) is 0 Å². The fourth-order valence-corrected chi connectivity index (χ4v) is 2.75. The highest BCUT2D eigenvalue weighted by Gasteiger charge is 2.18. The number of rotatable bonds is 3. The van der Waals surface area contributed by atoms with E-state index in [0.717, 1.165) is 0 Å². The SMILES string of the molecule is Cc1cccc(NS(=O)(=O)c2ccccc2C#N)n1. The molecule has 1 aromatic carbocycles. The van der Waals surface area contributed by atoms with Crippen molar-refractivity contribution in [3.8, 4) is 6.07 Å².